The highest BCUT2D eigenvalue weighted by Crippen LogP contribution is 2.22. The molecule has 2 nitrogen and oxygen atoms in total. The van der Waals surface area contributed by atoms with Crippen molar-refractivity contribution in [2.24, 2.45) is 11.8 Å². The second kappa shape index (κ2) is 6.24. The zero-order valence-electron chi connectivity index (χ0n) is 11.8. The molecule has 1 atom stereocenters. The summed E-state index contributed by atoms with van der Waals surface area (Å²) >= 11 is 0. The topological polar surface area (TPSA) is 21.3 Å². The van der Waals surface area contributed by atoms with E-state index in [9.17, 15) is 0 Å². The lowest BCUT2D eigenvalue weighted by Gasteiger charge is -2.21. The summed E-state index contributed by atoms with van der Waals surface area (Å²) in [7, 11) is 1.71. The lowest BCUT2D eigenvalue weighted by Crippen LogP contribution is -2.29. The average molecular weight is 247 g/mol. The van der Waals surface area contributed by atoms with Crippen molar-refractivity contribution >= 4 is 0 Å². The molecule has 1 aliphatic carbocycles. The van der Waals surface area contributed by atoms with Crippen molar-refractivity contribution in [2.75, 3.05) is 13.7 Å². The van der Waals surface area contributed by atoms with Crippen LogP contribution in [0.4, 0.5) is 0 Å². The van der Waals surface area contributed by atoms with Gasteiger partial charge in [-0.3, -0.25) is 0 Å². The van der Waals surface area contributed by atoms with Crippen LogP contribution in [0.1, 0.15) is 32.3 Å². The first-order chi connectivity index (χ1) is 8.69. The van der Waals surface area contributed by atoms with Crippen LogP contribution in [-0.2, 0) is 6.42 Å². The Morgan fingerprint density at radius 1 is 1.22 bits per heavy atom. The first kappa shape index (κ1) is 13.4. The third-order valence-electron chi connectivity index (χ3n) is 3.85. The van der Waals surface area contributed by atoms with Gasteiger partial charge in [0.15, 0.2) is 0 Å². The molecule has 0 aliphatic heterocycles. The van der Waals surface area contributed by atoms with Crippen molar-refractivity contribution in [1.29, 1.82) is 0 Å². The second-order valence-electron chi connectivity index (χ2n) is 5.74. The molecule has 1 saturated carbocycles. The van der Waals surface area contributed by atoms with E-state index in [1.807, 2.05) is 0 Å². The summed E-state index contributed by atoms with van der Waals surface area (Å²) < 4.78 is 5.20. The molecule has 0 bridgehead atoms. The van der Waals surface area contributed by atoms with Crippen molar-refractivity contribution in [3.63, 3.8) is 0 Å². The smallest absolute Gasteiger partial charge is 0.118 e. The van der Waals surface area contributed by atoms with Gasteiger partial charge in [0.05, 0.1) is 7.11 Å². The van der Waals surface area contributed by atoms with Gasteiger partial charge in [0.1, 0.15) is 5.75 Å². The average Bonchev–Trinajstić information content (AvgIpc) is 3.19. The van der Waals surface area contributed by atoms with Gasteiger partial charge >= 0.3 is 0 Å². The second-order valence-corrected chi connectivity index (χ2v) is 5.74. The van der Waals surface area contributed by atoms with Gasteiger partial charge in [0, 0.05) is 6.04 Å². The van der Waals surface area contributed by atoms with E-state index in [1.54, 1.807) is 7.11 Å². The van der Waals surface area contributed by atoms with E-state index >= 15 is 0 Å². The lowest BCUT2D eigenvalue weighted by atomic mass is 9.89. The van der Waals surface area contributed by atoms with E-state index in [4.69, 9.17) is 4.74 Å². The van der Waals surface area contributed by atoms with Crippen LogP contribution in [0.15, 0.2) is 24.3 Å². The Kier molecular flexibility index (Phi) is 4.65. The monoisotopic (exact) mass is 247 g/mol. The number of hydrogen-bond donors (Lipinski definition) is 1. The van der Waals surface area contributed by atoms with Crippen molar-refractivity contribution in [2.45, 2.75) is 39.2 Å². The zero-order chi connectivity index (χ0) is 13.0. The van der Waals surface area contributed by atoms with Crippen molar-refractivity contribution in [3.8, 4) is 5.75 Å². The number of hydrogen-bond acceptors (Lipinski definition) is 2. The normalized spacial score (nSPS) is 16.9. The van der Waals surface area contributed by atoms with Crippen LogP contribution in [0.25, 0.3) is 0 Å². The summed E-state index contributed by atoms with van der Waals surface area (Å²) in [6.45, 7) is 5.79. The molecule has 0 amide bonds. The summed E-state index contributed by atoms with van der Waals surface area (Å²) in [6.07, 6.45) is 3.89. The van der Waals surface area contributed by atoms with E-state index in [-0.39, 0.29) is 0 Å². The molecule has 0 saturated heterocycles. The molecule has 2 heteroatoms. The van der Waals surface area contributed by atoms with Crippen LogP contribution in [-0.4, -0.2) is 19.7 Å². The highest BCUT2D eigenvalue weighted by atomic mass is 16.5. The molecule has 2 rings (SSSR count). The molecule has 1 aromatic carbocycles. The standard InChI is InChI=1S/C16H25NO/c1-12(2)14(11-17-15-6-7-15)10-13-4-8-16(18-3)9-5-13/h4-5,8-9,12,14-15,17H,6-7,10-11H2,1-3H3. The van der Waals surface area contributed by atoms with Crippen molar-refractivity contribution in [3.05, 3.63) is 29.8 Å². The molecule has 1 unspecified atom stereocenters. The van der Waals surface area contributed by atoms with Crippen molar-refractivity contribution in [1.82, 2.24) is 5.32 Å². The summed E-state index contributed by atoms with van der Waals surface area (Å²) in [5, 5.41) is 3.66. The molecule has 1 fully saturated rings. The molecular formula is C16H25NO. The van der Waals surface area contributed by atoms with Gasteiger partial charge in [-0.25, -0.2) is 0 Å². The third-order valence-corrected chi connectivity index (χ3v) is 3.85. The molecule has 100 valence electrons. The molecule has 0 heterocycles. The Morgan fingerprint density at radius 2 is 1.89 bits per heavy atom. The summed E-state index contributed by atoms with van der Waals surface area (Å²) in [4.78, 5) is 0. The van der Waals surface area contributed by atoms with Gasteiger partial charge in [-0.15, -0.1) is 0 Å². The minimum atomic E-state index is 0.721. The predicted molar refractivity (Wildman–Crippen MR) is 76.1 cm³/mol. The summed E-state index contributed by atoms with van der Waals surface area (Å²) in [6, 6.07) is 9.29. The number of methoxy groups -OCH3 is 1. The van der Waals surface area contributed by atoms with E-state index in [2.05, 4.69) is 43.4 Å². The van der Waals surface area contributed by atoms with Gasteiger partial charge in [0.2, 0.25) is 0 Å². The molecule has 1 N–H and O–H groups in total. The van der Waals surface area contributed by atoms with Gasteiger partial charge in [-0.05, 0) is 55.3 Å². The maximum absolute atomic E-state index is 5.20. The number of ether oxygens (including phenoxy) is 1. The van der Waals surface area contributed by atoms with Gasteiger partial charge in [-0.2, -0.15) is 0 Å². The lowest BCUT2D eigenvalue weighted by molar-refractivity contribution is 0.359. The highest BCUT2D eigenvalue weighted by molar-refractivity contribution is 5.27. The predicted octanol–water partition coefficient (Wildman–Crippen LogP) is 3.26. The first-order valence-electron chi connectivity index (χ1n) is 7.05. The molecule has 0 aromatic heterocycles. The molecule has 1 aliphatic rings. The van der Waals surface area contributed by atoms with Crippen molar-refractivity contribution < 1.29 is 4.74 Å². The Hall–Kier alpha value is -1.02. The van der Waals surface area contributed by atoms with Gasteiger partial charge < -0.3 is 10.1 Å². The fourth-order valence-corrected chi connectivity index (χ4v) is 2.21. The fourth-order valence-electron chi connectivity index (χ4n) is 2.21. The Bertz CT molecular complexity index is 354. The number of nitrogens with one attached hydrogen (secondary N) is 1. The maximum atomic E-state index is 5.20. The van der Waals surface area contributed by atoms with Crippen LogP contribution < -0.4 is 10.1 Å². The minimum Gasteiger partial charge on any atom is -0.497 e. The van der Waals surface area contributed by atoms with E-state index in [0.29, 0.717) is 0 Å². The maximum Gasteiger partial charge on any atom is 0.118 e. The quantitative estimate of drug-likeness (QED) is 0.798. The van der Waals surface area contributed by atoms with E-state index in [0.717, 1.165) is 36.6 Å². The fraction of sp³-hybridized carbons (Fsp3) is 0.625. The van der Waals surface area contributed by atoms with Gasteiger partial charge in [0.25, 0.3) is 0 Å². The van der Waals surface area contributed by atoms with E-state index < -0.39 is 0 Å². The van der Waals surface area contributed by atoms with Crippen LogP contribution in [0, 0.1) is 11.8 Å². The SMILES string of the molecule is COc1ccc(CC(CNC2CC2)C(C)C)cc1. The molecule has 0 spiro atoms. The number of rotatable bonds is 7. The van der Waals surface area contributed by atoms with Crippen LogP contribution >= 0.6 is 0 Å². The number of benzene rings is 1. The molecule has 18 heavy (non-hydrogen) atoms. The van der Waals surface area contributed by atoms with Crippen LogP contribution in [0.2, 0.25) is 0 Å². The van der Waals surface area contributed by atoms with Crippen LogP contribution in [0.5, 0.6) is 5.75 Å². The Balaban J connectivity index is 1.89. The Morgan fingerprint density at radius 3 is 2.39 bits per heavy atom. The first-order valence-corrected chi connectivity index (χ1v) is 7.05. The summed E-state index contributed by atoms with van der Waals surface area (Å²) in [5.74, 6) is 2.38. The molecule has 0 radical (unpaired) electrons. The molecular weight excluding hydrogens is 222 g/mol. The van der Waals surface area contributed by atoms with Crippen LogP contribution in [0.3, 0.4) is 0 Å². The van der Waals surface area contributed by atoms with E-state index in [1.165, 1.54) is 18.4 Å². The molecule has 1 aromatic rings. The minimum absolute atomic E-state index is 0.721. The summed E-state index contributed by atoms with van der Waals surface area (Å²) in [5.41, 5.74) is 1.41. The zero-order valence-corrected chi connectivity index (χ0v) is 11.8. The largest absolute Gasteiger partial charge is 0.497 e. The third kappa shape index (κ3) is 4.02. The highest BCUT2D eigenvalue weighted by Gasteiger charge is 2.23. The van der Waals surface area contributed by atoms with Gasteiger partial charge in [-0.1, -0.05) is 26.0 Å². The Labute approximate surface area is 111 Å².